The van der Waals surface area contributed by atoms with Crippen molar-refractivity contribution in [2.24, 2.45) is 11.3 Å². The van der Waals surface area contributed by atoms with Crippen molar-refractivity contribution < 1.29 is 27.4 Å². The van der Waals surface area contributed by atoms with Crippen LogP contribution in [0.15, 0.2) is 48.8 Å². The SMILES string of the molecule is CC(C)C(=O)OCC(C)(COc1ccc2cc(-c3cccnc3)n(C(C)C)c2c1)CC(F)(F)F. The number of carbonyl (C=O) groups excluding carboxylic acids is 1. The molecule has 0 saturated heterocycles. The molecule has 1 aromatic carbocycles. The van der Waals surface area contributed by atoms with Crippen LogP contribution >= 0.6 is 0 Å². The monoisotopic (exact) mass is 476 g/mol. The van der Waals surface area contributed by atoms with Gasteiger partial charge in [-0.25, -0.2) is 0 Å². The number of ether oxygens (including phenoxy) is 2. The van der Waals surface area contributed by atoms with Gasteiger partial charge in [-0.2, -0.15) is 13.2 Å². The second kappa shape index (κ2) is 10.1. The maximum atomic E-state index is 13.3. The highest BCUT2D eigenvalue weighted by Crippen LogP contribution is 2.36. The summed E-state index contributed by atoms with van der Waals surface area (Å²) < 4.78 is 53.0. The molecule has 0 amide bonds. The fourth-order valence-electron chi connectivity index (χ4n) is 3.88. The highest BCUT2D eigenvalue weighted by Gasteiger charge is 2.41. The molecule has 1 unspecified atom stereocenters. The summed E-state index contributed by atoms with van der Waals surface area (Å²) in [5, 5.41) is 0.990. The summed E-state index contributed by atoms with van der Waals surface area (Å²) in [6.45, 7) is 8.20. The number of halogens is 3. The van der Waals surface area contributed by atoms with E-state index in [2.05, 4.69) is 29.5 Å². The second-order valence-electron chi connectivity index (χ2n) is 9.61. The number of benzene rings is 1. The van der Waals surface area contributed by atoms with Crippen LogP contribution in [0.1, 0.15) is 47.1 Å². The van der Waals surface area contributed by atoms with Crippen LogP contribution in [0.2, 0.25) is 0 Å². The van der Waals surface area contributed by atoms with Gasteiger partial charge in [-0.15, -0.1) is 0 Å². The zero-order valence-corrected chi connectivity index (χ0v) is 20.1. The summed E-state index contributed by atoms with van der Waals surface area (Å²) in [4.78, 5) is 16.1. The summed E-state index contributed by atoms with van der Waals surface area (Å²) >= 11 is 0. The Kier molecular flexibility index (Phi) is 7.58. The molecule has 0 saturated carbocycles. The molecule has 0 aliphatic rings. The number of aromatic nitrogens is 2. The standard InChI is InChI=1S/C26H31F3N2O3/c1-17(2)24(32)34-16-25(5,14-26(27,28)29)15-33-21-9-8-19-11-22(20-7-6-10-30-13-20)31(18(3)4)23(19)12-21/h6-13,17-18H,14-16H2,1-5H3. The Balaban J connectivity index is 1.87. The summed E-state index contributed by atoms with van der Waals surface area (Å²) in [6.07, 6.45) is -2.03. The van der Waals surface area contributed by atoms with E-state index >= 15 is 0 Å². The molecule has 0 spiro atoms. The quantitative estimate of drug-likeness (QED) is 0.318. The van der Waals surface area contributed by atoms with E-state index < -0.39 is 29.9 Å². The molecule has 0 aliphatic carbocycles. The molecule has 2 heterocycles. The van der Waals surface area contributed by atoms with Crippen LogP contribution in [0.25, 0.3) is 22.2 Å². The molecule has 34 heavy (non-hydrogen) atoms. The number of rotatable bonds is 9. The molecule has 0 fully saturated rings. The Morgan fingerprint density at radius 3 is 2.41 bits per heavy atom. The zero-order valence-electron chi connectivity index (χ0n) is 20.1. The van der Waals surface area contributed by atoms with Gasteiger partial charge in [-0.1, -0.05) is 20.8 Å². The number of esters is 1. The van der Waals surface area contributed by atoms with Crippen LogP contribution in [0.3, 0.4) is 0 Å². The number of hydrogen-bond donors (Lipinski definition) is 0. The first kappa shape index (κ1) is 25.6. The van der Waals surface area contributed by atoms with Gasteiger partial charge >= 0.3 is 12.1 Å². The Hall–Kier alpha value is -3.03. The molecule has 5 nitrogen and oxygen atoms in total. The summed E-state index contributed by atoms with van der Waals surface area (Å²) in [5.41, 5.74) is 1.46. The number of pyridine rings is 1. The van der Waals surface area contributed by atoms with E-state index in [9.17, 15) is 18.0 Å². The molecule has 0 N–H and O–H groups in total. The van der Waals surface area contributed by atoms with E-state index in [1.165, 1.54) is 6.92 Å². The zero-order chi connectivity index (χ0) is 25.1. The predicted molar refractivity (Wildman–Crippen MR) is 126 cm³/mol. The average molecular weight is 477 g/mol. The maximum absolute atomic E-state index is 13.3. The minimum Gasteiger partial charge on any atom is -0.493 e. The van der Waals surface area contributed by atoms with Gasteiger partial charge in [0, 0.05) is 40.9 Å². The molecule has 0 bridgehead atoms. The molecule has 184 valence electrons. The molecule has 3 rings (SSSR count). The van der Waals surface area contributed by atoms with Crippen LogP contribution in [0.5, 0.6) is 5.75 Å². The topological polar surface area (TPSA) is 53.4 Å². The van der Waals surface area contributed by atoms with Gasteiger partial charge < -0.3 is 14.0 Å². The van der Waals surface area contributed by atoms with Crippen molar-refractivity contribution in [3.05, 3.63) is 48.8 Å². The maximum Gasteiger partial charge on any atom is 0.389 e. The van der Waals surface area contributed by atoms with Crippen molar-refractivity contribution in [3.63, 3.8) is 0 Å². The minimum absolute atomic E-state index is 0.133. The van der Waals surface area contributed by atoms with Crippen LogP contribution in [0.4, 0.5) is 13.2 Å². The fraction of sp³-hybridized carbons (Fsp3) is 0.462. The van der Waals surface area contributed by atoms with Crippen molar-refractivity contribution in [2.75, 3.05) is 13.2 Å². The van der Waals surface area contributed by atoms with Crippen LogP contribution in [-0.2, 0) is 9.53 Å². The highest BCUT2D eigenvalue weighted by atomic mass is 19.4. The normalized spacial score (nSPS) is 13.9. The summed E-state index contributed by atoms with van der Waals surface area (Å²) in [6, 6.07) is 11.5. The molecule has 3 aromatic rings. The lowest BCUT2D eigenvalue weighted by Gasteiger charge is -2.30. The third-order valence-electron chi connectivity index (χ3n) is 5.54. The third-order valence-corrected chi connectivity index (χ3v) is 5.54. The molecule has 2 aromatic heterocycles. The van der Waals surface area contributed by atoms with Crippen molar-refractivity contribution in [3.8, 4) is 17.0 Å². The van der Waals surface area contributed by atoms with Gasteiger partial charge in [0.2, 0.25) is 0 Å². The predicted octanol–water partition coefficient (Wildman–Crippen LogP) is 6.82. The fourth-order valence-corrected chi connectivity index (χ4v) is 3.88. The molecular formula is C26H31F3N2O3. The van der Waals surface area contributed by atoms with Crippen molar-refractivity contribution in [1.29, 1.82) is 0 Å². The van der Waals surface area contributed by atoms with Gasteiger partial charge in [-0.3, -0.25) is 9.78 Å². The van der Waals surface area contributed by atoms with Gasteiger partial charge in [0.1, 0.15) is 12.4 Å². The van der Waals surface area contributed by atoms with Gasteiger partial charge in [-0.05, 0) is 44.2 Å². The molecular weight excluding hydrogens is 445 g/mol. The first-order valence-electron chi connectivity index (χ1n) is 11.3. The number of carbonyl (C=O) groups is 1. The minimum atomic E-state index is -4.42. The Bertz CT molecular complexity index is 1120. The number of hydrogen-bond acceptors (Lipinski definition) is 4. The third kappa shape index (κ3) is 6.30. The lowest BCUT2D eigenvalue weighted by molar-refractivity contribution is -0.175. The molecule has 0 radical (unpaired) electrons. The van der Waals surface area contributed by atoms with Crippen molar-refractivity contribution >= 4 is 16.9 Å². The van der Waals surface area contributed by atoms with Crippen LogP contribution < -0.4 is 4.74 Å². The number of nitrogens with zero attached hydrogens (tertiary/aromatic N) is 2. The summed E-state index contributed by atoms with van der Waals surface area (Å²) in [5.74, 6) is -0.502. The average Bonchev–Trinajstić information content (AvgIpc) is 3.14. The second-order valence-corrected chi connectivity index (χ2v) is 9.61. The largest absolute Gasteiger partial charge is 0.493 e. The Morgan fingerprint density at radius 1 is 1.09 bits per heavy atom. The van der Waals surface area contributed by atoms with E-state index in [-0.39, 0.29) is 19.3 Å². The molecule has 1 atom stereocenters. The van der Waals surface area contributed by atoms with Crippen LogP contribution in [0, 0.1) is 11.3 Å². The van der Waals surface area contributed by atoms with Crippen LogP contribution in [-0.4, -0.2) is 34.9 Å². The van der Waals surface area contributed by atoms with E-state index in [4.69, 9.17) is 9.47 Å². The number of alkyl halides is 3. The summed E-state index contributed by atoms with van der Waals surface area (Å²) in [7, 11) is 0. The van der Waals surface area contributed by atoms with E-state index in [1.54, 1.807) is 32.3 Å². The van der Waals surface area contributed by atoms with Gasteiger partial charge in [0.25, 0.3) is 0 Å². The first-order valence-corrected chi connectivity index (χ1v) is 11.3. The number of fused-ring (bicyclic) bond motifs is 1. The lowest BCUT2D eigenvalue weighted by Crippen LogP contribution is -2.36. The van der Waals surface area contributed by atoms with Gasteiger partial charge in [0.15, 0.2) is 0 Å². The van der Waals surface area contributed by atoms with Crippen molar-refractivity contribution in [1.82, 2.24) is 9.55 Å². The Morgan fingerprint density at radius 2 is 1.82 bits per heavy atom. The van der Waals surface area contributed by atoms with E-state index in [0.29, 0.717) is 5.75 Å². The Labute approximate surface area is 197 Å². The molecule has 0 aliphatic heterocycles. The van der Waals surface area contributed by atoms with Gasteiger partial charge in [0.05, 0.1) is 30.2 Å². The molecule has 8 heteroatoms. The highest BCUT2D eigenvalue weighted by molar-refractivity contribution is 5.88. The van der Waals surface area contributed by atoms with E-state index in [1.807, 2.05) is 24.3 Å². The first-order chi connectivity index (χ1) is 15.9. The van der Waals surface area contributed by atoms with E-state index in [0.717, 1.165) is 22.2 Å². The van der Waals surface area contributed by atoms with Crippen molar-refractivity contribution in [2.45, 2.75) is 53.3 Å². The lowest BCUT2D eigenvalue weighted by atomic mass is 9.88. The smallest absolute Gasteiger partial charge is 0.389 e.